The zero-order chi connectivity index (χ0) is 8.77. The Morgan fingerprint density at radius 3 is 2.75 bits per heavy atom. The molecular weight excluding hydrogens is 166 g/mol. The van der Waals surface area contributed by atoms with Gasteiger partial charge in [0, 0.05) is 11.3 Å². The fourth-order valence-corrected chi connectivity index (χ4v) is 2.75. The van der Waals surface area contributed by atoms with Crippen molar-refractivity contribution in [1.29, 1.82) is 0 Å². The normalized spacial score (nSPS) is 25.8. The molecular formula is C10H15NS. The lowest BCUT2D eigenvalue weighted by Gasteiger charge is -1.97. The Bertz CT molecular complexity index is 288. The van der Waals surface area contributed by atoms with E-state index >= 15 is 0 Å². The first-order chi connectivity index (χ1) is 5.63. The molecule has 2 rings (SSSR count). The van der Waals surface area contributed by atoms with Crippen LogP contribution in [0.4, 0.5) is 0 Å². The monoisotopic (exact) mass is 181 g/mol. The van der Waals surface area contributed by atoms with Gasteiger partial charge >= 0.3 is 0 Å². The number of hydrogen-bond acceptors (Lipinski definition) is 2. The Morgan fingerprint density at radius 2 is 2.33 bits per heavy atom. The Hall–Kier alpha value is -0.370. The molecule has 66 valence electrons. The van der Waals surface area contributed by atoms with Crippen molar-refractivity contribution in [3.63, 3.8) is 0 Å². The van der Waals surface area contributed by atoms with Gasteiger partial charge in [0.25, 0.3) is 0 Å². The minimum atomic E-state index is 0.531. The fraction of sp³-hybridized carbons (Fsp3) is 0.700. The highest BCUT2D eigenvalue weighted by molar-refractivity contribution is 7.09. The van der Waals surface area contributed by atoms with Crippen molar-refractivity contribution in [3.8, 4) is 0 Å². The summed E-state index contributed by atoms with van der Waals surface area (Å²) in [5.74, 6) is 0.753. The maximum Gasteiger partial charge on any atom is 0.0964 e. The first-order valence-electron chi connectivity index (χ1n) is 4.58. The molecule has 1 aromatic rings. The number of hydrogen-bond donors (Lipinski definition) is 0. The molecule has 1 aromatic heterocycles. The highest BCUT2D eigenvalue weighted by atomic mass is 32.1. The molecule has 0 amide bonds. The average molecular weight is 181 g/mol. The van der Waals surface area contributed by atoms with Crippen LogP contribution in [0, 0.1) is 5.41 Å². The number of rotatable bonds is 2. The molecule has 0 aliphatic heterocycles. The molecule has 1 unspecified atom stereocenters. The van der Waals surface area contributed by atoms with Gasteiger partial charge in [0.05, 0.1) is 10.7 Å². The van der Waals surface area contributed by atoms with Gasteiger partial charge in [0.1, 0.15) is 0 Å². The molecule has 0 spiro atoms. The summed E-state index contributed by atoms with van der Waals surface area (Å²) < 4.78 is 0. The Labute approximate surface area is 77.8 Å². The second-order valence-electron chi connectivity index (χ2n) is 4.28. The largest absolute Gasteiger partial charge is 0.246 e. The Kier molecular flexibility index (Phi) is 1.76. The molecule has 1 atom stereocenters. The lowest BCUT2D eigenvalue weighted by Crippen LogP contribution is -1.89. The number of aryl methyl sites for hydroxylation is 1. The summed E-state index contributed by atoms with van der Waals surface area (Å²) in [6.07, 6.45) is 2.40. The molecule has 1 heterocycles. The standard InChI is InChI=1S/C10H15NS/c1-4-7-6-12-9(11-7)8-5-10(8,2)3/h6,8H,4-5H2,1-3H3. The third kappa shape index (κ3) is 1.28. The molecule has 1 nitrogen and oxygen atoms in total. The smallest absolute Gasteiger partial charge is 0.0964 e. The van der Waals surface area contributed by atoms with Crippen molar-refractivity contribution < 1.29 is 0 Å². The van der Waals surface area contributed by atoms with Crippen LogP contribution in [0.2, 0.25) is 0 Å². The maximum absolute atomic E-state index is 4.60. The van der Waals surface area contributed by atoms with Gasteiger partial charge in [-0.1, -0.05) is 20.8 Å². The maximum atomic E-state index is 4.60. The summed E-state index contributed by atoms with van der Waals surface area (Å²) in [6.45, 7) is 6.81. The van der Waals surface area contributed by atoms with E-state index in [1.165, 1.54) is 17.1 Å². The van der Waals surface area contributed by atoms with E-state index in [2.05, 4.69) is 31.1 Å². The highest BCUT2D eigenvalue weighted by Gasteiger charge is 2.48. The van der Waals surface area contributed by atoms with E-state index in [0.717, 1.165) is 12.3 Å². The fourth-order valence-electron chi connectivity index (χ4n) is 1.53. The van der Waals surface area contributed by atoms with Crippen molar-refractivity contribution in [2.24, 2.45) is 5.41 Å². The zero-order valence-electron chi connectivity index (χ0n) is 7.92. The summed E-state index contributed by atoms with van der Waals surface area (Å²) in [5, 5.41) is 3.56. The summed E-state index contributed by atoms with van der Waals surface area (Å²) in [6, 6.07) is 0. The van der Waals surface area contributed by atoms with Gasteiger partial charge in [-0.25, -0.2) is 4.98 Å². The first kappa shape index (κ1) is 8.24. The van der Waals surface area contributed by atoms with Gasteiger partial charge in [-0.2, -0.15) is 0 Å². The lowest BCUT2D eigenvalue weighted by atomic mass is 10.1. The molecule has 1 fully saturated rings. The lowest BCUT2D eigenvalue weighted by molar-refractivity contribution is 0.620. The van der Waals surface area contributed by atoms with Gasteiger partial charge in [-0.3, -0.25) is 0 Å². The molecule has 0 bridgehead atoms. The van der Waals surface area contributed by atoms with Crippen molar-refractivity contribution in [3.05, 3.63) is 16.1 Å². The summed E-state index contributed by atoms with van der Waals surface area (Å²) in [4.78, 5) is 4.60. The van der Waals surface area contributed by atoms with Crippen molar-refractivity contribution in [1.82, 2.24) is 4.98 Å². The van der Waals surface area contributed by atoms with E-state index in [4.69, 9.17) is 0 Å². The van der Waals surface area contributed by atoms with Crippen LogP contribution >= 0.6 is 11.3 Å². The van der Waals surface area contributed by atoms with E-state index in [0.29, 0.717) is 5.41 Å². The third-order valence-corrected chi connectivity index (χ3v) is 3.75. The third-order valence-electron chi connectivity index (χ3n) is 2.74. The predicted octanol–water partition coefficient (Wildman–Crippen LogP) is 3.22. The average Bonchev–Trinajstić information content (AvgIpc) is 2.52. The van der Waals surface area contributed by atoms with Crippen LogP contribution in [0.25, 0.3) is 0 Å². The molecule has 0 saturated heterocycles. The minimum absolute atomic E-state index is 0.531. The predicted molar refractivity (Wildman–Crippen MR) is 52.6 cm³/mol. The molecule has 1 aliphatic rings. The van der Waals surface area contributed by atoms with Gasteiger partial charge in [-0.15, -0.1) is 11.3 Å². The van der Waals surface area contributed by atoms with E-state index in [1.54, 1.807) is 0 Å². The SMILES string of the molecule is CCc1csc(C2CC2(C)C)n1. The summed E-state index contributed by atoms with van der Waals surface area (Å²) in [5.41, 5.74) is 1.79. The van der Waals surface area contributed by atoms with Crippen LogP contribution < -0.4 is 0 Å². The number of nitrogens with zero attached hydrogens (tertiary/aromatic N) is 1. The van der Waals surface area contributed by atoms with Crippen LogP contribution in [0.5, 0.6) is 0 Å². The Balaban J connectivity index is 2.15. The quantitative estimate of drug-likeness (QED) is 0.682. The van der Waals surface area contributed by atoms with E-state index in [1.807, 2.05) is 11.3 Å². The number of aromatic nitrogens is 1. The van der Waals surface area contributed by atoms with Gasteiger partial charge in [0.2, 0.25) is 0 Å². The zero-order valence-corrected chi connectivity index (χ0v) is 8.74. The van der Waals surface area contributed by atoms with Crippen molar-refractivity contribution in [2.45, 2.75) is 39.5 Å². The molecule has 0 radical (unpaired) electrons. The molecule has 0 aromatic carbocycles. The van der Waals surface area contributed by atoms with Crippen LogP contribution in [0.3, 0.4) is 0 Å². The molecule has 0 N–H and O–H groups in total. The minimum Gasteiger partial charge on any atom is -0.246 e. The second kappa shape index (κ2) is 2.56. The summed E-state index contributed by atoms with van der Waals surface area (Å²) >= 11 is 1.84. The van der Waals surface area contributed by atoms with E-state index in [9.17, 15) is 0 Å². The molecule has 1 saturated carbocycles. The van der Waals surface area contributed by atoms with Crippen LogP contribution in [0.15, 0.2) is 5.38 Å². The van der Waals surface area contributed by atoms with Crippen molar-refractivity contribution in [2.75, 3.05) is 0 Å². The van der Waals surface area contributed by atoms with Crippen LogP contribution in [-0.2, 0) is 6.42 Å². The van der Waals surface area contributed by atoms with Crippen molar-refractivity contribution >= 4 is 11.3 Å². The van der Waals surface area contributed by atoms with Crippen LogP contribution in [0.1, 0.15) is 43.8 Å². The summed E-state index contributed by atoms with van der Waals surface area (Å²) in [7, 11) is 0. The molecule has 12 heavy (non-hydrogen) atoms. The molecule has 2 heteroatoms. The number of thiazole rings is 1. The topological polar surface area (TPSA) is 12.9 Å². The first-order valence-corrected chi connectivity index (χ1v) is 5.46. The van der Waals surface area contributed by atoms with Gasteiger partial charge in [0.15, 0.2) is 0 Å². The Morgan fingerprint density at radius 1 is 1.67 bits per heavy atom. The van der Waals surface area contributed by atoms with Crippen LogP contribution in [-0.4, -0.2) is 4.98 Å². The highest BCUT2D eigenvalue weighted by Crippen LogP contribution is 2.59. The van der Waals surface area contributed by atoms with E-state index < -0.39 is 0 Å². The van der Waals surface area contributed by atoms with Gasteiger partial charge < -0.3 is 0 Å². The molecule has 1 aliphatic carbocycles. The van der Waals surface area contributed by atoms with E-state index in [-0.39, 0.29) is 0 Å². The second-order valence-corrected chi connectivity index (χ2v) is 5.17. The van der Waals surface area contributed by atoms with Gasteiger partial charge in [-0.05, 0) is 18.3 Å².